The highest BCUT2D eigenvalue weighted by Gasteiger charge is 2.24. The molecule has 0 amide bonds. The molecule has 0 radical (unpaired) electrons. The monoisotopic (exact) mass is 252 g/mol. The zero-order chi connectivity index (χ0) is 12.3. The second-order valence-corrected chi connectivity index (χ2v) is 5.10. The molecule has 0 atom stereocenters. The highest BCUT2D eigenvalue weighted by atomic mass is 32.2. The van der Waals surface area contributed by atoms with Crippen LogP contribution in [0.5, 0.6) is 0 Å². The van der Waals surface area contributed by atoms with Crippen molar-refractivity contribution in [3.8, 4) is 0 Å². The van der Waals surface area contributed by atoms with Gasteiger partial charge in [-0.2, -0.15) is 0 Å². The first kappa shape index (κ1) is 12.5. The molecule has 0 bridgehead atoms. The van der Waals surface area contributed by atoms with Crippen molar-refractivity contribution >= 4 is 23.4 Å². The van der Waals surface area contributed by atoms with Gasteiger partial charge in [-0.3, -0.25) is 0 Å². The van der Waals surface area contributed by atoms with Gasteiger partial charge in [0, 0.05) is 26.2 Å². The second-order valence-electron chi connectivity index (χ2n) is 4.33. The van der Waals surface area contributed by atoms with Crippen molar-refractivity contribution in [2.75, 3.05) is 36.6 Å². The topological polar surface area (TPSA) is 41.0 Å². The van der Waals surface area contributed by atoms with Gasteiger partial charge >= 0.3 is 0 Å². The first-order valence-electron chi connectivity index (χ1n) is 6.12. The van der Waals surface area contributed by atoms with Gasteiger partial charge in [0.15, 0.2) is 5.16 Å². The molecule has 0 aliphatic heterocycles. The van der Waals surface area contributed by atoms with Gasteiger partial charge in [-0.25, -0.2) is 9.97 Å². The molecule has 1 aliphatic rings. The molecule has 0 saturated heterocycles. The average Bonchev–Trinajstić information content (AvgIpc) is 3.19. The summed E-state index contributed by atoms with van der Waals surface area (Å²) in [5.74, 6) is 2.82. The van der Waals surface area contributed by atoms with Gasteiger partial charge in [-0.1, -0.05) is 11.8 Å². The van der Waals surface area contributed by atoms with Crippen LogP contribution >= 0.6 is 11.8 Å². The third kappa shape index (κ3) is 3.25. The zero-order valence-electron chi connectivity index (χ0n) is 10.7. The Kier molecular flexibility index (Phi) is 4.10. The smallest absolute Gasteiger partial charge is 0.191 e. The van der Waals surface area contributed by atoms with Crippen LogP contribution in [0.3, 0.4) is 0 Å². The van der Waals surface area contributed by atoms with Crippen LogP contribution in [0.25, 0.3) is 0 Å². The Bertz CT molecular complexity index is 357. The second kappa shape index (κ2) is 5.58. The molecule has 1 aliphatic carbocycles. The summed E-state index contributed by atoms with van der Waals surface area (Å²) < 4.78 is 0. The van der Waals surface area contributed by atoms with Crippen molar-refractivity contribution in [3.63, 3.8) is 0 Å². The van der Waals surface area contributed by atoms with Crippen LogP contribution in [0.15, 0.2) is 11.2 Å². The van der Waals surface area contributed by atoms with Crippen LogP contribution in [0.1, 0.15) is 19.8 Å². The first-order chi connectivity index (χ1) is 8.26. The molecule has 1 N–H and O–H groups in total. The molecule has 1 heterocycles. The van der Waals surface area contributed by atoms with E-state index in [1.165, 1.54) is 12.8 Å². The number of nitrogens with one attached hydrogen (secondary N) is 1. The first-order valence-corrected chi connectivity index (χ1v) is 7.35. The number of aromatic nitrogens is 2. The van der Waals surface area contributed by atoms with Crippen LogP contribution in [0.2, 0.25) is 0 Å². The van der Waals surface area contributed by atoms with Crippen LogP contribution in [-0.2, 0) is 0 Å². The lowest BCUT2D eigenvalue weighted by Gasteiger charge is -2.22. The van der Waals surface area contributed by atoms with E-state index >= 15 is 0 Å². The van der Waals surface area contributed by atoms with Gasteiger partial charge in [0.25, 0.3) is 0 Å². The molecule has 5 heteroatoms. The average molecular weight is 252 g/mol. The third-order valence-electron chi connectivity index (χ3n) is 3.01. The molecule has 17 heavy (non-hydrogen) atoms. The van der Waals surface area contributed by atoms with Gasteiger partial charge < -0.3 is 10.2 Å². The zero-order valence-corrected chi connectivity index (χ0v) is 11.5. The standard InChI is InChI=1S/C12H20N4S/c1-4-16(8-9-5-6-9)11-7-10(13-2)14-12(15-11)17-3/h7,9H,4-6,8H2,1-3H3,(H,13,14,15). The molecule has 94 valence electrons. The minimum atomic E-state index is 0.834. The molecule has 4 nitrogen and oxygen atoms in total. The molecule has 1 fully saturated rings. The van der Waals surface area contributed by atoms with Gasteiger partial charge in [0.2, 0.25) is 0 Å². The van der Waals surface area contributed by atoms with Crippen molar-refractivity contribution in [2.24, 2.45) is 5.92 Å². The molecular formula is C12H20N4S. The Morgan fingerprint density at radius 2 is 2.24 bits per heavy atom. The summed E-state index contributed by atoms with van der Waals surface area (Å²) in [4.78, 5) is 11.3. The van der Waals surface area contributed by atoms with E-state index in [2.05, 4.69) is 27.1 Å². The minimum Gasteiger partial charge on any atom is -0.373 e. The maximum Gasteiger partial charge on any atom is 0.191 e. The maximum absolute atomic E-state index is 4.59. The lowest BCUT2D eigenvalue weighted by molar-refractivity contribution is 0.723. The highest BCUT2D eigenvalue weighted by molar-refractivity contribution is 7.98. The van der Waals surface area contributed by atoms with Gasteiger partial charge in [-0.15, -0.1) is 0 Å². The predicted octanol–water partition coefficient (Wildman–Crippen LogP) is 2.48. The lowest BCUT2D eigenvalue weighted by Crippen LogP contribution is -2.26. The van der Waals surface area contributed by atoms with Crippen LogP contribution in [0, 0.1) is 5.92 Å². The fourth-order valence-electron chi connectivity index (χ4n) is 1.79. The van der Waals surface area contributed by atoms with E-state index in [9.17, 15) is 0 Å². The molecule has 1 saturated carbocycles. The van der Waals surface area contributed by atoms with Crippen molar-refractivity contribution in [1.29, 1.82) is 0 Å². The molecule has 0 unspecified atom stereocenters. The van der Waals surface area contributed by atoms with E-state index in [1.807, 2.05) is 19.4 Å². The van der Waals surface area contributed by atoms with Crippen molar-refractivity contribution < 1.29 is 0 Å². The lowest BCUT2D eigenvalue weighted by atomic mass is 10.3. The van der Waals surface area contributed by atoms with Crippen molar-refractivity contribution in [1.82, 2.24) is 9.97 Å². The highest BCUT2D eigenvalue weighted by Crippen LogP contribution is 2.31. The Morgan fingerprint density at radius 1 is 1.47 bits per heavy atom. The Balaban J connectivity index is 2.20. The fraction of sp³-hybridized carbons (Fsp3) is 0.667. The summed E-state index contributed by atoms with van der Waals surface area (Å²) in [6, 6.07) is 2.03. The molecule has 0 spiro atoms. The Morgan fingerprint density at radius 3 is 2.76 bits per heavy atom. The largest absolute Gasteiger partial charge is 0.373 e. The van der Waals surface area contributed by atoms with E-state index in [-0.39, 0.29) is 0 Å². The molecule has 1 aromatic heterocycles. The van der Waals surface area contributed by atoms with E-state index < -0.39 is 0 Å². The van der Waals surface area contributed by atoms with E-state index in [4.69, 9.17) is 0 Å². The quantitative estimate of drug-likeness (QED) is 0.622. The Hall–Kier alpha value is -0.970. The predicted molar refractivity (Wildman–Crippen MR) is 74.0 cm³/mol. The number of thioether (sulfide) groups is 1. The summed E-state index contributed by atoms with van der Waals surface area (Å²) >= 11 is 1.59. The van der Waals surface area contributed by atoms with Crippen LogP contribution in [0.4, 0.5) is 11.6 Å². The molecule has 0 aromatic carbocycles. The number of hydrogen-bond donors (Lipinski definition) is 1. The number of anilines is 2. The van der Waals surface area contributed by atoms with E-state index in [0.717, 1.165) is 35.8 Å². The van der Waals surface area contributed by atoms with E-state index in [0.29, 0.717) is 0 Å². The summed E-state index contributed by atoms with van der Waals surface area (Å²) in [6.45, 7) is 4.32. The SMILES string of the molecule is CCN(CC1CC1)c1cc(NC)nc(SC)n1. The summed E-state index contributed by atoms with van der Waals surface area (Å²) in [6.07, 6.45) is 4.75. The molecular weight excluding hydrogens is 232 g/mol. The minimum absolute atomic E-state index is 0.834. The van der Waals surface area contributed by atoms with Gasteiger partial charge in [-0.05, 0) is 31.9 Å². The Labute approximate surface area is 107 Å². The summed E-state index contributed by atoms with van der Waals surface area (Å²) in [5.41, 5.74) is 0. The molecule has 1 aromatic rings. The number of rotatable bonds is 6. The molecule has 2 rings (SSSR count). The van der Waals surface area contributed by atoms with Gasteiger partial charge in [0.05, 0.1) is 0 Å². The number of hydrogen-bond acceptors (Lipinski definition) is 5. The summed E-state index contributed by atoms with van der Waals surface area (Å²) in [7, 11) is 1.90. The van der Waals surface area contributed by atoms with Crippen LogP contribution in [-0.4, -0.2) is 36.4 Å². The van der Waals surface area contributed by atoms with Crippen molar-refractivity contribution in [3.05, 3.63) is 6.07 Å². The fourth-order valence-corrected chi connectivity index (χ4v) is 2.17. The number of nitrogens with zero attached hydrogens (tertiary/aromatic N) is 3. The third-order valence-corrected chi connectivity index (χ3v) is 3.56. The summed E-state index contributed by atoms with van der Waals surface area (Å²) in [5, 5.41) is 3.93. The van der Waals surface area contributed by atoms with E-state index in [1.54, 1.807) is 11.8 Å². The van der Waals surface area contributed by atoms with Crippen LogP contribution < -0.4 is 10.2 Å². The maximum atomic E-state index is 4.59. The van der Waals surface area contributed by atoms with Gasteiger partial charge in [0.1, 0.15) is 11.6 Å². The normalized spacial score (nSPS) is 14.8. The van der Waals surface area contributed by atoms with Crippen molar-refractivity contribution in [2.45, 2.75) is 24.9 Å².